The summed E-state index contributed by atoms with van der Waals surface area (Å²) in [7, 11) is -1.23. The minimum atomic E-state index is -2.83. The third-order valence-electron chi connectivity index (χ3n) is 9.42. The number of aromatic nitrogens is 3. The molecule has 0 radical (unpaired) electrons. The van der Waals surface area contributed by atoms with Crippen molar-refractivity contribution in [1.29, 1.82) is 0 Å². The van der Waals surface area contributed by atoms with Crippen LogP contribution in [0.4, 0.5) is 11.4 Å². The zero-order valence-electron chi connectivity index (χ0n) is 25.8. The first-order valence-electron chi connectivity index (χ1n) is 15.4. The molecule has 234 valence electrons. The van der Waals surface area contributed by atoms with Gasteiger partial charge < -0.3 is 29.2 Å². The molecule has 11 nitrogen and oxygen atoms in total. The fourth-order valence-electron chi connectivity index (χ4n) is 7.47. The van der Waals surface area contributed by atoms with E-state index in [4.69, 9.17) is 9.47 Å². The molecule has 1 spiro atoms. The second-order valence-electron chi connectivity index (χ2n) is 12.7. The lowest BCUT2D eigenvalue weighted by Crippen LogP contribution is -2.46. The van der Waals surface area contributed by atoms with Crippen LogP contribution in [0, 0.1) is 5.92 Å². The Labute approximate surface area is 258 Å². The van der Waals surface area contributed by atoms with Gasteiger partial charge in [-0.25, -0.2) is 0 Å². The number of carbonyl (C=O) groups is 2. The molecule has 4 heterocycles. The van der Waals surface area contributed by atoms with Crippen molar-refractivity contribution in [3.05, 3.63) is 65.5 Å². The topological polar surface area (TPSA) is 130 Å². The first kappa shape index (κ1) is 30.4. The van der Waals surface area contributed by atoms with E-state index in [2.05, 4.69) is 10.3 Å². The van der Waals surface area contributed by atoms with E-state index in [1.54, 1.807) is 16.7 Å². The van der Waals surface area contributed by atoms with Gasteiger partial charge in [-0.3, -0.25) is 14.3 Å². The fraction of sp³-hybridized carbons (Fsp3) is 0.500. The Kier molecular flexibility index (Phi) is 8.12. The maximum absolute atomic E-state index is 14.7. The van der Waals surface area contributed by atoms with Crippen LogP contribution in [-0.2, 0) is 39.4 Å². The van der Waals surface area contributed by atoms with Gasteiger partial charge in [-0.1, -0.05) is 24.3 Å². The van der Waals surface area contributed by atoms with Gasteiger partial charge in [-0.05, 0) is 61.8 Å². The first-order valence-corrected chi connectivity index (χ1v) is 18.4. The Morgan fingerprint density at radius 1 is 1.18 bits per heavy atom. The lowest BCUT2D eigenvalue weighted by atomic mass is 9.82. The smallest absolute Gasteiger partial charge is 0.264 e. The Bertz CT molecular complexity index is 1560. The molecule has 1 aromatic heterocycles. The predicted molar refractivity (Wildman–Crippen MR) is 167 cm³/mol. The maximum Gasteiger partial charge on any atom is 0.264 e. The molecule has 2 N–H and O–H groups in total. The lowest BCUT2D eigenvalue weighted by Gasteiger charge is -2.32. The molecule has 2 saturated heterocycles. The van der Waals surface area contributed by atoms with Gasteiger partial charge in [0, 0.05) is 61.4 Å². The van der Waals surface area contributed by atoms with Gasteiger partial charge in [-0.15, -0.1) is 5.10 Å². The number of ether oxygens (including phenoxy) is 2. The summed E-state index contributed by atoms with van der Waals surface area (Å²) >= 11 is 0. The van der Waals surface area contributed by atoms with E-state index in [0.717, 1.165) is 28.9 Å². The second kappa shape index (κ2) is 11.7. The van der Waals surface area contributed by atoms with Crippen molar-refractivity contribution in [3.63, 3.8) is 0 Å². The highest BCUT2D eigenvalue weighted by Crippen LogP contribution is 2.60. The molecule has 4 atom stereocenters. The van der Waals surface area contributed by atoms with E-state index < -0.39 is 20.0 Å². The zero-order valence-corrected chi connectivity index (χ0v) is 26.8. The van der Waals surface area contributed by atoms with Crippen LogP contribution in [0.1, 0.15) is 43.0 Å². The number of aryl methyl sites for hydroxylation is 1. The van der Waals surface area contributed by atoms with Crippen molar-refractivity contribution in [2.45, 2.75) is 76.0 Å². The van der Waals surface area contributed by atoms with Gasteiger partial charge in [0.15, 0.2) is 13.9 Å². The highest BCUT2D eigenvalue weighted by Gasteiger charge is 2.66. The molecule has 6 rings (SSSR count). The average Bonchev–Trinajstić information content (AvgIpc) is 3.75. The van der Waals surface area contributed by atoms with Crippen LogP contribution in [0.5, 0.6) is 5.75 Å². The van der Waals surface area contributed by atoms with Crippen LogP contribution in [0.25, 0.3) is 0 Å². The number of hydrogen-bond acceptors (Lipinski definition) is 8. The molecular weight excluding hydrogens is 578 g/mol. The Hall–Kier alpha value is -3.58. The fourth-order valence-corrected chi connectivity index (χ4v) is 10.1. The molecule has 3 aliphatic rings. The number of aliphatic hydroxyl groups is 1. The molecule has 2 fully saturated rings. The van der Waals surface area contributed by atoms with Gasteiger partial charge in [0.25, 0.3) is 5.91 Å². The van der Waals surface area contributed by atoms with Gasteiger partial charge in [-0.2, -0.15) is 0 Å². The number of fused-ring (bicyclic) bond motifs is 2. The van der Waals surface area contributed by atoms with Gasteiger partial charge in [0.05, 0.1) is 31.1 Å². The average molecular weight is 620 g/mol. The Balaban J connectivity index is 1.34. The summed E-state index contributed by atoms with van der Waals surface area (Å²) < 4.78 is 14.3. The summed E-state index contributed by atoms with van der Waals surface area (Å²) in [5.41, 5.74) is 2.45. The van der Waals surface area contributed by atoms with Crippen LogP contribution in [0.2, 0.25) is 18.6 Å². The van der Waals surface area contributed by atoms with Crippen molar-refractivity contribution < 1.29 is 29.0 Å². The number of aliphatic hydroxyl groups excluding tert-OH is 1. The third kappa shape index (κ3) is 5.23. The first-order chi connectivity index (χ1) is 21.1. The minimum absolute atomic E-state index is 0.000995. The van der Waals surface area contributed by atoms with Crippen molar-refractivity contribution in [2.75, 3.05) is 30.1 Å². The molecule has 2 amide bonds. The predicted octanol–water partition coefficient (Wildman–Crippen LogP) is 3.38. The second-order valence-corrected chi connectivity index (χ2v) is 16.7. The van der Waals surface area contributed by atoms with Gasteiger partial charge >= 0.3 is 0 Å². The lowest BCUT2D eigenvalue weighted by molar-refractivity contribution is -0.146. The quantitative estimate of drug-likeness (QED) is 0.331. The number of rotatable bonds is 10. The number of benzene rings is 2. The van der Waals surface area contributed by atoms with Gasteiger partial charge in [0.2, 0.25) is 5.91 Å². The van der Waals surface area contributed by atoms with E-state index in [1.165, 1.54) is 0 Å². The Morgan fingerprint density at radius 3 is 2.70 bits per heavy atom. The Morgan fingerprint density at radius 2 is 2.00 bits per heavy atom. The van der Waals surface area contributed by atoms with E-state index >= 15 is 0 Å². The summed E-state index contributed by atoms with van der Waals surface area (Å²) in [6, 6.07) is 13.5. The SMILES string of the molecule is COc1ccc2c(c1)[C@@]1(O[C@H](CCn3cc(CCO)nn3)[C@@H]([Si](C)(C)O)[C@@H]1C)C(=O)N2Cc1cccc(N2CCCC2=O)c1. The molecule has 0 aliphatic carbocycles. The number of anilines is 2. The van der Waals surface area contributed by atoms with Crippen LogP contribution in [0.3, 0.4) is 0 Å². The molecule has 0 bridgehead atoms. The molecular formula is C32H41N5O6Si. The minimum Gasteiger partial charge on any atom is -0.497 e. The van der Waals surface area contributed by atoms with Crippen molar-refractivity contribution >= 4 is 31.5 Å². The number of amides is 2. The molecule has 0 unspecified atom stereocenters. The van der Waals surface area contributed by atoms with Crippen LogP contribution >= 0.6 is 0 Å². The van der Waals surface area contributed by atoms with E-state index in [-0.39, 0.29) is 29.9 Å². The van der Waals surface area contributed by atoms with E-state index in [9.17, 15) is 19.5 Å². The molecule has 12 heteroatoms. The summed E-state index contributed by atoms with van der Waals surface area (Å²) in [6.45, 7) is 7.35. The van der Waals surface area contributed by atoms with E-state index in [1.807, 2.05) is 73.6 Å². The van der Waals surface area contributed by atoms with Crippen LogP contribution < -0.4 is 14.5 Å². The van der Waals surface area contributed by atoms with Crippen molar-refractivity contribution in [2.24, 2.45) is 5.92 Å². The monoisotopic (exact) mass is 619 g/mol. The third-order valence-corrected chi connectivity index (χ3v) is 11.9. The van der Waals surface area contributed by atoms with Gasteiger partial charge in [0.1, 0.15) is 5.75 Å². The maximum atomic E-state index is 14.7. The number of methoxy groups -OCH3 is 1. The van der Waals surface area contributed by atoms with Crippen LogP contribution in [-0.4, -0.2) is 71.4 Å². The zero-order chi connectivity index (χ0) is 31.2. The molecule has 44 heavy (non-hydrogen) atoms. The largest absolute Gasteiger partial charge is 0.497 e. The summed E-state index contributed by atoms with van der Waals surface area (Å²) in [4.78, 5) is 42.3. The summed E-state index contributed by atoms with van der Waals surface area (Å²) in [5.74, 6) is 0.277. The van der Waals surface area contributed by atoms with Crippen molar-refractivity contribution in [1.82, 2.24) is 15.0 Å². The molecule has 0 saturated carbocycles. The van der Waals surface area contributed by atoms with E-state index in [0.29, 0.717) is 50.3 Å². The molecule has 2 aromatic carbocycles. The normalized spacial score (nSPS) is 25.0. The summed E-state index contributed by atoms with van der Waals surface area (Å²) in [6.07, 6.45) is 3.78. The molecule has 3 aliphatic heterocycles. The van der Waals surface area contributed by atoms with Crippen molar-refractivity contribution in [3.8, 4) is 5.75 Å². The molecule has 3 aromatic rings. The van der Waals surface area contributed by atoms with Crippen LogP contribution in [0.15, 0.2) is 48.7 Å². The highest BCUT2D eigenvalue weighted by atomic mass is 28.4. The highest BCUT2D eigenvalue weighted by molar-refractivity contribution is 6.71. The number of nitrogens with zero attached hydrogens (tertiary/aromatic N) is 5. The number of hydrogen-bond donors (Lipinski definition) is 2. The number of carbonyl (C=O) groups excluding carboxylic acids is 2. The standard InChI is InChI=1S/C32H41N5O6Si/c1-21-30(44(3,4)41)28(12-15-35-20-23(13-16-38)33-34-35)43-32(21)26-18-25(42-2)10-11-27(26)37(31(32)40)19-22-7-5-8-24(17-22)36-14-6-9-29(36)39/h5,7-8,10-11,17-18,20-21,28,30,38,41H,6,9,12-16,19H2,1-4H3/t21-,28+,30-,32+/m0/s1. The summed E-state index contributed by atoms with van der Waals surface area (Å²) in [5, 5.41) is 17.6.